The van der Waals surface area contributed by atoms with Crippen molar-refractivity contribution in [3.63, 3.8) is 0 Å². The van der Waals surface area contributed by atoms with Crippen LogP contribution in [0.3, 0.4) is 0 Å². The first-order valence-corrected chi connectivity index (χ1v) is 10.4. The summed E-state index contributed by atoms with van der Waals surface area (Å²) in [6, 6.07) is 10.1. The molecule has 0 aliphatic heterocycles. The molecular weight excluding hydrogens is 350 g/mol. The Labute approximate surface area is 155 Å². The van der Waals surface area contributed by atoms with Gasteiger partial charge in [-0.15, -0.1) is 0 Å². The second kappa shape index (κ2) is 8.36. The highest BCUT2D eigenvalue weighted by molar-refractivity contribution is 7.90. The summed E-state index contributed by atoms with van der Waals surface area (Å²) < 4.78 is 28.7. The molecule has 5 nitrogen and oxygen atoms in total. The first-order chi connectivity index (χ1) is 12.2. The average Bonchev–Trinajstić information content (AvgIpc) is 2.57. The zero-order chi connectivity index (χ0) is 19.3. The maximum absolute atomic E-state index is 12.1. The number of amides is 1. The normalized spacial score (nSPS) is 11.2. The first-order valence-electron chi connectivity index (χ1n) is 8.47. The van der Waals surface area contributed by atoms with Crippen LogP contribution in [0.25, 0.3) is 0 Å². The molecule has 6 heteroatoms. The predicted molar refractivity (Wildman–Crippen MR) is 103 cm³/mol. The molecule has 0 heterocycles. The largest absolute Gasteiger partial charge is 0.493 e. The number of aryl methyl sites for hydroxylation is 2. The van der Waals surface area contributed by atoms with Crippen molar-refractivity contribution in [2.24, 2.45) is 0 Å². The van der Waals surface area contributed by atoms with Gasteiger partial charge in [0.1, 0.15) is 5.75 Å². The Balaban J connectivity index is 1.80. The van der Waals surface area contributed by atoms with Gasteiger partial charge in [-0.2, -0.15) is 0 Å². The number of nitrogens with one attached hydrogen (secondary N) is 1. The molecule has 2 aromatic carbocycles. The van der Waals surface area contributed by atoms with Crippen molar-refractivity contribution in [3.8, 4) is 5.75 Å². The highest BCUT2D eigenvalue weighted by Gasteiger charge is 2.09. The van der Waals surface area contributed by atoms with Gasteiger partial charge in [0, 0.05) is 18.4 Å². The summed E-state index contributed by atoms with van der Waals surface area (Å²) in [6.07, 6.45) is 1.82. The lowest BCUT2D eigenvalue weighted by Crippen LogP contribution is -2.25. The molecule has 26 heavy (non-hydrogen) atoms. The quantitative estimate of drug-likeness (QED) is 0.754. The number of rotatable bonds is 7. The summed E-state index contributed by atoms with van der Waals surface area (Å²) in [6.45, 7) is 7.12. The summed E-state index contributed by atoms with van der Waals surface area (Å²) in [7, 11) is -3.25. The summed E-state index contributed by atoms with van der Waals surface area (Å²) in [5.74, 6) is 0.651. The fourth-order valence-electron chi connectivity index (χ4n) is 2.56. The second-order valence-electron chi connectivity index (χ2n) is 6.46. The SMILES string of the molecule is Cc1cc(C)c(C)c(OCCCNC(=O)c2ccc(S(C)(=O)=O)cc2)c1. The molecule has 2 rings (SSSR count). The first kappa shape index (κ1) is 20.0. The van der Waals surface area contributed by atoms with Crippen LogP contribution in [0.4, 0.5) is 0 Å². The van der Waals surface area contributed by atoms with Gasteiger partial charge in [0.25, 0.3) is 5.91 Å². The monoisotopic (exact) mass is 375 g/mol. The van der Waals surface area contributed by atoms with Crippen LogP contribution in [0.1, 0.15) is 33.5 Å². The Morgan fingerprint density at radius 1 is 1.08 bits per heavy atom. The molecule has 0 aromatic heterocycles. The fraction of sp³-hybridized carbons (Fsp3) is 0.350. The van der Waals surface area contributed by atoms with E-state index in [4.69, 9.17) is 4.74 Å². The molecule has 0 aliphatic rings. The van der Waals surface area contributed by atoms with E-state index in [1.54, 1.807) is 0 Å². The Morgan fingerprint density at radius 3 is 2.35 bits per heavy atom. The lowest BCUT2D eigenvalue weighted by molar-refractivity contribution is 0.0951. The Bertz CT molecular complexity index is 887. The highest BCUT2D eigenvalue weighted by atomic mass is 32.2. The Kier molecular flexibility index (Phi) is 6.42. The average molecular weight is 375 g/mol. The maximum atomic E-state index is 12.1. The fourth-order valence-corrected chi connectivity index (χ4v) is 3.19. The van der Waals surface area contributed by atoms with E-state index >= 15 is 0 Å². The Morgan fingerprint density at radius 2 is 1.73 bits per heavy atom. The van der Waals surface area contributed by atoms with Crippen molar-refractivity contribution in [2.45, 2.75) is 32.1 Å². The highest BCUT2D eigenvalue weighted by Crippen LogP contribution is 2.23. The third-order valence-corrected chi connectivity index (χ3v) is 5.30. The molecule has 0 aliphatic carbocycles. The van der Waals surface area contributed by atoms with Crippen LogP contribution in [0.2, 0.25) is 0 Å². The van der Waals surface area contributed by atoms with E-state index in [9.17, 15) is 13.2 Å². The van der Waals surface area contributed by atoms with Crippen molar-refractivity contribution in [3.05, 3.63) is 58.7 Å². The third-order valence-electron chi connectivity index (χ3n) is 4.17. The maximum Gasteiger partial charge on any atom is 0.251 e. The molecule has 0 fully saturated rings. The van der Waals surface area contributed by atoms with Crippen LogP contribution in [0, 0.1) is 20.8 Å². The molecule has 0 saturated heterocycles. The van der Waals surface area contributed by atoms with Crippen LogP contribution in [-0.4, -0.2) is 33.7 Å². The summed E-state index contributed by atoms with van der Waals surface area (Å²) in [5, 5.41) is 2.81. The van der Waals surface area contributed by atoms with Crippen LogP contribution in [-0.2, 0) is 9.84 Å². The van der Waals surface area contributed by atoms with E-state index in [0.717, 1.165) is 23.1 Å². The zero-order valence-electron chi connectivity index (χ0n) is 15.6. The van der Waals surface area contributed by atoms with Gasteiger partial charge in [-0.25, -0.2) is 8.42 Å². The minimum absolute atomic E-state index is 0.200. The smallest absolute Gasteiger partial charge is 0.251 e. The second-order valence-corrected chi connectivity index (χ2v) is 8.48. The molecule has 1 amide bonds. The number of hydrogen-bond acceptors (Lipinski definition) is 4. The van der Waals surface area contributed by atoms with E-state index in [-0.39, 0.29) is 10.8 Å². The number of ether oxygens (including phenoxy) is 1. The van der Waals surface area contributed by atoms with Gasteiger partial charge >= 0.3 is 0 Å². The van der Waals surface area contributed by atoms with Gasteiger partial charge < -0.3 is 10.1 Å². The van der Waals surface area contributed by atoms with Gasteiger partial charge in [-0.1, -0.05) is 6.07 Å². The van der Waals surface area contributed by atoms with Gasteiger partial charge in [0.2, 0.25) is 0 Å². The number of carbonyl (C=O) groups is 1. The third kappa shape index (κ3) is 5.33. The van der Waals surface area contributed by atoms with Crippen LogP contribution in [0.15, 0.2) is 41.3 Å². The van der Waals surface area contributed by atoms with E-state index in [1.807, 2.05) is 19.9 Å². The molecule has 0 saturated carbocycles. The van der Waals surface area contributed by atoms with E-state index < -0.39 is 9.84 Å². The number of carbonyl (C=O) groups excluding carboxylic acids is 1. The lowest BCUT2D eigenvalue weighted by atomic mass is 10.1. The Hall–Kier alpha value is -2.34. The summed E-state index contributed by atoms with van der Waals surface area (Å²) in [4.78, 5) is 12.3. The lowest BCUT2D eigenvalue weighted by Gasteiger charge is -2.12. The summed E-state index contributed by atoms with van der Waals surface area (Å²) in [5.41, 5.74) is 3.92. The van der Waals surface area contributed by atoms with Gasteiger partial charge in [0.15, 0.2) is 9.84 Å². The van der Waals surface area contributed by atoms with Crippen molar-refractivity contribution < 1.29 is 17.9 Å². The molecule has 0 bridgehead atoms. The van der Waals surface area contributed by atoms with E-state index in [0.29, 0.717) is 25.1 Å². The van der Waals surface area contributed by atoms with Gasteiger partial charge in [0.05, 0.1) is 11.5 Å². The van der Waals surface area contributed by atoms with Gasteiger partial charge in [-0.05, 0) is 74.2 Å². The summed E-state index contributed by atoms with van der Waals surface area (Å²) >= 11 is 0. The van der Waals surface area contributed by atoms with Crippen molar-refractivity contribution in [1.82, 2.24) is 5.32 Å². The topological polar surface area (TPSA) is 72.5 Å². The van der Waals surface area contributed by atoms with Crippen molar-refractivity contribution >= 4 is 15.7 Å². The number of sulfone groups is 1. The molecule has 1 N–H and O–H groups in total. The predicted octanol–water partition coefficient (Wildman–Crippen LogP) is 3.21. The molecule has 2 aromatic rings. The minimum Gasteiger partial charge on any atom is -0.493 e. The minimum atomic E-state index is -3.25. The number of hydrogen-bond donors (Lipinski definition) is 1. The zero-order valence-corrected chi connectivity index (χ0v) is 16.4. The molecule has 0 unspecified atom stereocenters. The standard InChI is InChI=1S/C20H25NO4S/c1-14-12-15(2)16(3)19(13-14)25-11-5-10-21-20(22)17-6-8-18(9-7-17)26(4,23)24/h6-9,12-13H,5,10-11H2,1-4H3,(H,21,22). The molecule has 0 radical (unpaired) electrons. The number of benzene rings is 2. The van der Waals surface area contributed by atoms with Crippen LogP contribution < -0.4 is 10.1 Å². The van der Waals surface area contributed by atoms with Crippen LogP contribution in [0.5, 0.6) is 5.75 Å². The molecule has 140 valence electrons. The van der Waals surface area contributed by atoms with E-state index in [1.165, 1.54) is 29.8 Å². The van der Waals surface area contributed by atoms with Crippen molar-refractivity contribution in [2.75, 3.05) is 19.4 Å². The molecular formula is C20H25NO4S. The van der Waals surface area contributed by atoms with Gasteiger partial charge in [-0.3, -0.25) is 4.79 Å². The van der Waals surface area contributed by atoms with E-state index in [2.05, 4.69) is 18.3 Å². The van der Waals surface area contributed by atoms with Crippen LogP contribution >= 0.6 is 0 Å². The molecule has 0 spiro atoms. The molecule has 0 atom stereocenters. The van der Waals surface area contributed by atoms with Crippen molar-refractivity contribution in [1.29, 1.82) is 0 Å².